The number of ether oxygens (including phenoxy) is 1. The van der Waals surface area contributed by atoms with E-state index < -0.39 is 27.6 Å². The third-order valence-corrected chi connectivity index (χ3v) is 4.72. The highest BCUT2D eigenvalue weighted by Crippen LogP contribution is 2.12. The maximum absolute atomic E-state index is 11.9. The van der Waals surface area contributed by atoms with Gasteiger partial charge in [-0.3, -0.25) is 9.59 Å². The Hall–Kier alpha value is -1.93. The molecule has 2 N–H and O–H groups in total. The molecule has 0 spiro atoms. The van der Waals surface area contributed by atoms with Gasteiger partial charge in [0.1, 0.15) is 0 Å². The molecule has 1 aromatic carbocycles. The second kappa shape index (κ2) is 7.90. The number of carbonyl (C=O) groups is 2. The fourth-order valence-electron chi connectivity index (χ4n) is 1.56. The Morgan fingerprint density at radius 1 is 1.27 bits per heavy atom. The quantitative estimate of drug-likeness (QED) is 0.721. The van der Waals surface area contributed by atoms with Crippen molar-refractivity contribution in [3.05, 3.63) is 29.8 Å². The number of benzene rings is 1. The van der Waals surface area contributed by atoms with E-state index in [1.165, 1.54) is 38.3 Å². The highest BCUT2D eigenvalue weighted by atomic mass is 32.2. The molecular weight excluding hydrogens is 310 g/mol. The van der Waals surface area contributed by atoms with Crippen LogP contribution in [0.4, 0.5) is 0 Å². The summed E-state index contributed by atoms with van der Waals surface area (Å²) in [6, 6.07) is 5.47. The van der Waals surface area contributed by atoms with Crippen molar-refractivity contribution in [2.45, 2.75) is 11.8 Å². The minimum Gasteiger partial charge on any atom is -0.481 e. The average Bonchev–Trinajstić information content (AvgIpc) is 2.50. The largest absolute Gasteiger partial charge is 0.481 e. The van der Waals surface area contributed by atoms with Gasteiger partial charge in [-0.15, -0.1) is 0 Å². The summed E-state index contributed by atoms with van der Waals surface area (Å²) in [6.07, 6.45) is 0. The van der Waals surface area contributed by atoms with E-state index in [1.54, 1.807) is 0 Å². The van der Waals surface area contributed by atoms with Crippen LogP contribution in [0.15, 0.2) is 29.2 Å². The molecule has 0 aliphatic heterocycles. The van der Waals surface area contributed by atoms with E-state index >= 15 is 0 Å². The lowest BCUT2D eigenvalue weighted by molar-refractivity contribution is -0.140. The molecule has 0 aliphatic rings. The third-order valence-electron chi connectivity index (χ3n) is 3.02. The number of hydrogen-bond acceptors (Lipinski definition) is 5. The van der Waals surface area contributed by atoms with E-state index in [1.807, 2.05) is 0 Å². The number of methoxy groups -OCH3 is 1. The first-order chi connectivity index (χ1) is 10.3. The lowest BCUT2D eigenvalue weighted by atomic mass is 10.1. The van der Waals surface area contributed by atoms with Gasteiger partial charge in [0.2, 0.25) is 0 Å². The van der Waals surface area contributed by atoms with Gasteiger partial charge < -0.3 is 15.2 Å². The first-order valence-corrected chi connectivity index (χ1v) is 8.26. The van der Waals surface area contributed by atoms with E-state index in [2.05, 4.69) is 5.32 Å². The van der Waals surface area contributed by atoms with E-state index in [-0.39, 0.29) is 29.4 Å². The summed E-state index contributed by atoms with van der Waals surface area (Å²) in [7, 11) is -2.02. The molecule has 0 saturated carbocycles. The maximum atomic E-state index is 11.9. The summed E-state index contributed by atoms with van der Waals surface area (Å²) in [4.78, 5) is 22.6. The molecule has 8 heteroatoms. The van der Waals surface area contributed by atoms with Crippen molar-refractivity contribution in [3.8, 4) is 0 Å². The molecule has 1 unspecified atom stereocenters. The Morgan fingerprint density at radius 3 is 2.36 bits per heavy atom. The van der Waals surface area contributed by atoms with Crippen LogP contribution in [0.3, 0.4) is 0 Å². The minimum atomic E-state index is -3.44. The summed E-state index contributed by atoms with van der Waals surface area (Å²) in [5.74, 6) is -2.28. The summed E-state index contributed by atoms with van der Waals surface area (Å²) in [5.41, 5.74) is 0.267. The molecule has 7 nitrogen and oxygen atoms in total. The van der Waals surface area contributed by atoms with Crippen molar-refractivity contribution in [3.63, 3.8) is 0 Å². The fraction of sp³-hybridized carbons (Fsp3) is 0.429. The number of carboxylic acids is 1. The molecule has 122 valence electrons. The van der Waals surface area contributed by atoms with Crippen molar-refractivity contribution >= 4 is 21.7 Å². The van der Waals surface area contributed by atoms with Crippen LogP contribution >= 0.6 is 0 Å². The van der Waals surface area contributed by atoms with Gasteiger partial charge in [0.15, 0.2) is 9.84 Å². The minimum absolute atomic E-state index is 0.00204. The van der Waals surface area contributed by atoms with Gasteiger partial charge in [0.05, 0.1) is 23.2 Å². The molecule has 0 saturated heterocycles. The van der Waals surface area contributed by atoms with Crippen LogP contribution < -0.4 is 5.32 Å². The van der Waals surface area contributed by atoms with Gasteiger partial charge in [-0.1, -0.05) is 6.92 Å². The van der Waals surface area contributed by atoms with E-state index in [0.717, 1.165) is 0 Å². The van der Waals surface area contributed by atoms with Crippen molar-refractivity contribution in [2.24, 2.45) is 5.92 Å². The number of aliphatic carboxylic acids is 1. The normalized spacial score (nSPS) is 12.6. The van der Waals surface area contributed by atoms with Gasteiger partial charge in [-0.25, -0.2) is 8.42 Å². The van der Waals surface area contributed by atoms with Crippen molar-refractivity contribution in [1.29, 1.82) is 0 Å². The molecule has 0 radical (unpaired) electrons. The Kier molecular flexibility index (Phi) is 6.51. The number of sulfone groups is 1. The molecule has 0 aliphatic carbocycles. The van der Waals surface area contributed by atoms with Crippen molar-refractivity contribution in [2.75, 3.05) is 26.0 Å². The number of amides is 1. The Balaban J connectivity index is 2.72. The zero-order valence-corrected chi connectivity index (χ0v) is 13.2. The summed E-state index contributed by atoms with van der Waals surface area (Å²) in [6.45, 7) is 1.58. The lowest BCUT2D eigenvalue weighted by Gasteiger charge is -2.09. The molecule has 0 aromatic heterocycles. The summed E-state index contributed by atoms with van der Waals surface area (Å²) < 4.78 is 28.6. The van der Waals surface area contributed by atoms with Crippen LogP contribution in [0.25, 0.3) is 0 Å². The van der Waals surface area contributed by atoms with E-state index in [9.17, 15) is 18.0 Å². The maximum Gasteiger partial charge on any atom is 0.308 e. The second-order valence-electron chi connectivity index (χ2n) is 4.79. The lowest BCUT2D eigenvalue weighted by Crippen LogP contribution is -2.31. The zero-order chi connectivity index (χ0) is 16.8. The Morgan fingerprint density at radius 2 is 1.86 bits per heavy atom. The molecule has 1 aromatic rings. The monoisotopic (exact) mass is 329 g/mol. The SMILES string of the molecule is COCCS(=O)(=O)c1ccc(C(=O)NCC(C)C(=O)O)cc1. The number of nitrogens with one attached hydrogen (secondary N) is 1. The first kappa shape index (κ1) is 18.1. The number of carboxylic acid groups (broad SMARTS) is 1. The van der Waals surface area contributed by atoms with Gasteiger partial charge >= 0.3 is 5.97 Å². The first-order valence-electron chi connectivity index (χ1n) is 6.60. The standard InChI is InChI=1S/C14H19NO6S/c1-10(14(17)18)9-15-13(16)11-3-5-12(6-4-11)22(19,20)8-7-21-2/h3-6,10H,7-9H2,1-2H3,(H,15,16)(H,17,18). The molecule has 1 atom stereocenters. The zero-order valence-electron chi connectivity index (χ0n) is 12.4. The molecular formula is C14H19NO6S. The topological polar surface area (TPSA) is 110 Å². The highest BCUT2D eigenvalue weighted by Gasteiger charge is 2.16. The summed E-state index contributed by atoms with van der Waals surface area (Å²) in [5, 5.41) is 11.2. The summed E-state index contributed by atoms with van der Waals surface area (Å²) >= 11 is 0. The Bertz CT molecular complexity index is 623. The van der Waals surface area contributed by atoms with E-state index in [4.69, 9.17) is 9.84 Å². The molecule has 0 bridgehead atoms. The highest BCUT2D eigenvalue weighted by molar-refractivity contribution is 7.91. The van der Waals surface area contributed by atoms with Crippen LogP contribution in [0.5, 0.6) is 0 Å². The number of carbonyl (C=O) groups excluding carboxylic acids is 1. The number of rotatable bonds is 8. The average molecular weight is 329 g/mol. The smallest absolute Gasteiger partial charge is 0.308 e. The van der Waals surface area contributed by atoms with E-state index in [0.29, 0.717) is 0 Å². The van der Waals surface area contributed by atoms with Crippen LogP contribution in [0.2, 0.25) is 0 Å². The fourth-order valence-corrected chi connectivity index (χ4v) is 2.73. The Labute approximate surface area is 129 Å². The second-order valence-corrected chi connectivity index (χ2v) is 6.89. The number of hydrogen-bond donors (Lipinski definition) is 2. The van der Waals surface area contributed by atoms with Crippen LogP contribution in [0.1, 0.15) is 17.3 Å². The van der Waals surface area contributed by atoms with Crippen molar-refractivity contribution < 1.29 is 27.9 Å². The third kappa shape index (κ3) is 5.12. The van der Waals surface area contributed by atoms with Gasteiger partial charge in [0.25, 0.3) is 5.91 Å². The van der Waals surface area contributed by atoms with Crippen LogP contribution in [-0.4, -0.2) is 51.4 Å². The van der Waals surface area contributed by atoms with Crippen LogP contribution in [0, 0.1) is 5.92 Å². The molecule has 0 fully saturated rings. The molecule has 22 heavy (non-hydrogen) atoms. The van der Waals surface area contributed by atoms with Gasteiger partial charge in [0, 0.05) is 19.2 Å². The molecule has 1 rings (SSSR count). The molecule has 0 heterocycles. The predicted octanol–water partition coefficient (Wildman–Crippen LogP) is 0.557. The molecule has 1 amide bonds. The van der Waals surface area contributed by atoms with Crippen molar-refractivity contribution in [1.82, 2.24) is 5.32 Å². The van der Waals surface area contributed by atoms with Crippen LogP contribution in [-0.2, 0) is 19.4 Å². The van der Waals surface area contributed by atoms with Gasteiger partial charge in [-0.05, 0) is 24.3 Å². The predicted molar refractivity (Wildman–Crippen MR) is 79.5 cm³/mol. The van der Waals surface area contributed by atoms with Gasteiger partial charge in [-0.2, -0.15) is 0 Å².